The van der Waals surface area contributed by atoms with Crippen molar-refractivity contribution >= 4 is 33.2 Å². The summed E-state index contributed by atoms with van der Waals surface area (Å²) < 4.78 is 27.8. The van der Waals surface area contributed by atoms with Gasteiger partial charge in [0.2, 0.25) is 15.9 Å². The summed E-state index contributed by atoms with van der Waals surface area (Å²) in [5.41, 5.74) is 4.50. The maximum absolute atomic E-state index is 12.7. The highest BCUT2D eigenvalue weighted by molar-refractivity contribution is 7.89. The molecule has 1 aliphatic heterocycles. The number of aryl methyl sites for hydroxylation is 2. The molecule has 4 rings (SSSR count). The van der Waals surface area contributed by atoms with Crippen LogP contribution >= 0.6 is 0 Å². The number of hydrogen-bond acceptors (Lipinski definition) is 4. The molecular formula is C26H27N3O4S. The Morgan fingerprint density at radius 1 is 0.971 bits per heavy atom. The van der Waals surface area contributed by atoms with Crippen LogP contribution in [0, 0.1) is 13.8 Å². The van der Waals surface area contributed by atoms with Gasteiger partial charge in [0.05, 0.1) is 4.90 Å². The molecule has 0 unspecified atom stereocenters. The molecule has 3 aromatic rings. The first-order valence-corrected chi connectivity index (χ1v) is 12.6. The summed E-state index contributed by atoms with van der Waals surface area (Å²) >= 11 is 0. The fourth-order valence-corrected chi connectivity index (χ4v) is 4.90. The standard InChI is InChI=1S/C26H27N3O4S/c1-18-8-13-24(15-19(18)2)34(32,33)27-17-20-9-11-21(12-10-20)26(31)28-22-5-3-6-23(16-22)29-14-4-7-25(29)30/h3,5-6,8-13,15-16,27H,4,7,14,17H2,1-2H3,(H,28,31). The molecule has 0 bridgehead atoms. The van der Waals surface area contributed by atoms with Crippen LogP contribution in [0.15, 0.2) is 71.6 Å². The number of nitrogens with one attached hydrogen (secondary N) is 2. The molecule has 0 radical (unpaired) electrons. The van der Waals surface area contributed by atoms with Crippen molar-refractivity contribution in [1.29, 1.82) is 0 Å². The number of nitrogens with zero attached hydrogens (tertiary/aromatic N) is 1. The van der Waals surface area contributed by atoms with Crippen LogP contribution in [0.2, 0.25) is 0 Å². The third kappa shape index (κ3) is 5.35. The van der Waals surface area contributed by atoms with E-state index in [9.17, 15) is 18.0 Å². The Bertz CT molecular complexity index is 1330. The van der Waals surface area contributed by atoms with Crippen molar-refractivity contribution in [2.45, 2.75) is 38.1 Å². The largest absolute Gasteiger partial charge is 0.322 e. The second-order valence-electron chi connectivity index (χ2n) is 8.42. The van der Waals surface area contributed by atoms with Gasteiger partial charge in [-0.2, -0.15) is 0 Å². The Hall–Kier alpha value is -3.49. The molecule has 0 saturated carbocycles. The maximum Gasteiger partial charge on any atom is 0.255 e. The maximum atomic E-state index is 12.7. The molecule has 176 valence electrons. The van der Waals surface area contributed by atoms with Crippen molar-refractivity contribution < 1.29 is 18.0 Å². The predicted molar refractivity (Wildman–Crippen MR) is 132 cm³/mol. The van der Waals surface area contributed by atoms with Gasteiger partial charge in [0.15, 0.2) is 0 Å². The first kappa shape index (κ1) is 23.7. The van der Waals surface area contributed by atoms with Gasteiger partial charge in [-0.25, -0.2) is 13.1 Å². The fourth-order valence-electron chi connectivity index (χ4n) is 3.79. The molecule has 0 atom stereocenters. The van der Waals surface area contributed by atoms with Crippen LogP contribution in [-0.2, 0) is 21.4 Å². The SMILES string of the molecule is Cc1ccc(S(=O)(=O)NCc2ccc(C(=O)Nc3cccc(N4CCCC4=O)c3)cc2)cc1C. The Balaban J connectivity index is 1.38. The third-order valence-corrected chi connectivity index (χ3v) is 7.36. The summed E-state index contributed by atoms with van der Waals surface area (Å²) in [6.07, 6.45) is 1.38. The average Bonchev–Trinajstić information content (AvgIpc) is 3.26. The highest BCUT2D eigenvalue weighted by atomic mass is 32.2. The lowest BCUT2D eigenvalue weighted by atomic mass is 10.1. The summed E-state index contributed by atoms with van der Waals surface area (Å²) in [6, 6.07) is 19.0. The number of carbonyl (C=O) groups is 2. The van der Waals surface area contributed by atoms with Crippen molar-refractivity contribution in [3.8, 4) is 0 Å². The van der Waals surface area contributed by atoms with E-state index in [2.05, 4.69) is 10.0 Å². The van der Waals surface area contributed by atoms with E-state index in [1.807, 2.05) is 19.9 Å². The van der Waals surface area contributed by atoms with E-state index in [1.54, 1.807) is 65.6 Å². The topological polar surface area (TPSA) is 95.6 Å². The molecular weight excluding hydrogens is 450 g/mol. The molecule has 1 aliphatic rings. The van der Waals surface area contributed by atoms with Crippen LogP contribution < -0.4 is 14.9 Å². The summed E-state index contributed by atoms with van der Waals surface area (Å²) in [4.78, 5) is 26.6. The van der Waals surface area contributed by atoms with Crippen LogP contribution in [-0.4, -0.2) is 26.8 Å². The van der Waals surface area contributed by atoms with E-state index in [0.717, 1.165) is 28.8 Å². The van der Waals surface area contributed by atoms with Crippen molar-refractivity contribution in [2.24, 2.45) is 0 Å². The zero-order valence-electron chi connectivity index (χ0n) is 19.2. The van der Waals surface area contributed by atoms with Gasteiger partial charge in [-0.3, -0.25) is 9.59 Å². The Kier molecular flexibility index (Phi) is 6.81. The number of rotatable bonds is 7. The van der Waals surface area contributed by atoms with Crippen LogP contribution in [0.3, 0.4) is 0 Å². The smallest absolute Gasteiger partial charge is 0.255 e. The first-order chi connectivity index (χ1) is 16.2. The van der Waals surface area contributed by atoms with Crippen LogP contribution in [0.4, 0.5) is 11.4 Å². The zero-order chi connectivity index (χ0) is 24.3. The number of hydrogen-bond donors (Lipinski definition) is 2. The minimum absolute atomic E-state index is 0.0900. The van der Waals surface area contributed by atoms with E-state index < -0.39 is 10.0 Å². The predicted octanol–water partition coefficient (Wildman–Crippen LogP) is 4.16. The molecule has 1 heterocycles. The molecule has 2 amide bonds. The summed E-state index contributed by atoms with van der Waals surface area (Å²) in [5.74, 6) is -0.195. The summed E-state index contributed by atoms with van der Waals surface area (Å²) in [5, 5.41) is 2.86. The molecule has 0 aromatic heterocycles. The number of sulfonamides is 1. The molecule has 1 saturated heterocycles. The van der Waals surface area contributed by atoms with Crippen molar-refractivity contribution in [1.82, 2.24) is 4.72 Å². The molecule has 0 spiro atoms. The average molecular weight is 478 g/mol. The van der Waals surface area contributed by atoms with E-state index in [-0.39, 0.29) is 23.3 Å². The lowest BCUT2D eigenvalue weighted by molar-refractivity contribution is -0.117. The zero-order valence-corrected chi connectivity index (χ0v) is 20.0. The molecule has 7 nitrogen and oxygen atoms in total. The van der Waals surface area contributed by atoms with Crippen molar-refractivity contribution in [3.05, 3.63) is 89.0 Å². The minimum Gasteiger partial charge on any atom is -0.322 e. The Labute approximate surface area is 199 Å². The number of benzene rings is 3. The van der Waals surface area contributed by atoms with Gasteiger partial charge in [-0.15, -0.1) is 0 Å². The van der Waals surface area contributed by atoms with Gasteiger partial charge in [0, 0.05) is 36.4 Å². The van der Waals surface area contributed by atoms with Gasteiger partial charge in [-0.05, 0) is 79.4 Å². The molecule has 1 fully saturated rings. The highest BCUT2D eigenvalue weighted by Crippen LogP contribution is 2.24. The van der Waals surface area contributed by atoms with Crippen molar-refractivity contribution in [3.63, 3.8) is 0 Å². The highest BCUT2D eigenvalue weighted by Gasteiger charge is 2.22. The van der Waals surface area contributed by atoms with Crippen LogP contribution in [0.1, 0.15) is 39.9 Å². The number of amides is 2. The summed E-state index contributed by atoms with van der Waals surface area (Å²) in [7, 11) is -3.64. The normalized spacial score (nSPS) is 13.8. The quantitative estimate of drug-likeness (QED) is 0.534. The summed E-state index contributed by atoms with van der Waals surface area (Å²) in [6.45, 7) is 4.61. The van der Waals surface area contributed by atoms with E-state index in [4.69, 9.17) is 0 Å². The lowest BCUT2D eigenvalue weighted by Gasteiger charge is -2.16. The molecule has 3 aromatic carbocycles. The fraction of sp³-hybridized carbons (Fsp3) is 0.231. The van der Waals surface area contributed by atoms with Gasteiger partial charge in [-0.1, -0.05) is 24.3 Å². The van der Waals surface area contributed by atoms with E-state index in [0.29, 0.717) is 24.2 Å². The third-order valence-electron chi connectivity index (χ3n) is 5.96. The van der Waals surface area contributed by atoms with Gasteiger partial charge in [0.1, 0.15) is 0 Å². The lowest BCUT2D eigenvalue weighted by Crippen LogP contribution is -2.24. The monoisotopic (exact) mass is 477 g/mol. The molecule has 0 aliphatic carbocycles. The van der Waals surface area contributed by atoms with Crippen LogP contribution in [0.25, 0.3) is 0 Å². The Morgan fingerprint density at radius 2 is 1.74 bits per heavy atom. The second-order valence-corrected chi connectivity index (χ2v) is 10.2. The molecule has 34 heavy (non-hydrogen) atoms. The molecule has 8 heteroatoms. The number of carbonyl (C=O) groups excluding carboxylic acids is 2. The minimum atomic E-state index is -3.64. The van der Waals surface area contributed by atoms with Crippen LogP contribution in [0.5, 0.6) is 0 Å². The van der Waals surface area contributed by atoms with Gasteiger partial charge < -0.3 is 10.2 Å². The van der Waals surface area contributed by atoms with E-state index >= 15 is 0 Å². The van der Waals surface area contributed by atoms with E-state index in [1.165, 1.54) is 0 Å². The number of anilines is 2. The molecule has 2 N–H and O–H groups in total. The first-order valence-electron chi connectivity index (χ1n) is 11.1. The second kappa shape index (κ2) is 9.79. The van der Waals surface area contributed by atoms with Gasteiger partial charge >= 0.3 is 0 Å². The van der Waals surface area contributed by atoms with Gasteiger partial charge in [0.25, 0.3) is 5.91 Å². The van der Waals surface area contributed by atoms with Crippen molar-refractivity contribution in [2.75, 3.05) is 16.8 Å². The Morgan fingerprint density at radius 3 is 2.41 bits per heavy atom.